The molecule has 0 saturated carbocycles. The molecular formula is C16H15BrFNO. The Morgan fingerprint density at radius 2 is 2.05 bits per heavy atom. The van der Waals surface area contributed by atoms with Gasteiger partial charge in [0.25, 0.3) is 0 Å². The molecule has 0 saturated heterocycles. The van der Waals surface area contributed by atoms with Gasteiger partial charge in [-0.15, -0.1) is 0 Å². The van der Waals surface area contributed by atoms with Crippen LogP contribution in [0, 0.1) is 5.82 Å². The van der Waals surface area contributed by atoms with E-state index in [-0.39, 0.29) is 11.9 Å². The van der Waals surface area contributed by atoms with Crippen LogP contribution < -0.4 is 5.73 Å². The van der Waals surface area contributed by atoms with Gasteiger partial charge in [-0.3, -0.25) is 0 Å². The van der Waals surface area contributed by atoms with Crippen molar-refractivity contribution in [2.45, 2.75) is 24.5 Å². The van der Waals surface area contributed by atoms with Gasteiger partial charge in [0.05, 0.1) is 5.60 Å². The molecule has 2 atom stereocenters. The lowest BCUT2D eigenvalue weighted by Crippen LogP contribution is -2.26. The fourth-order valence-electron chi connectivity index (χ4n) is 3.05. The summed E-state index contributed by atoms with van der Waals surface area (Å²) in [5.74, 6) is -0.312. The Balaban J connectivity index is 1.98. The summed E-state index contributed by atoms with van der Waals surface area (Å²) < 4.78 is 14.1. The maximum atomic E-state index is 13.5. The van der Waals surface area contributed by atoms with E-state index in [0.717, 1.165) is 16.7 Å². The molecule has 104 valence electrons. The van der Waals surface area contributed by atoms with E-state index in [9.17, 15) is 9.50 Å². The van der Waals surface area contributed by atoms with E-state index >= 15 is 0 Å². The number of hydrogen-bond acceptors (Lipinski definition) is 2. The Labute approximate surface area is 125 Å². The molecule has 2 aromatic carbocycles. The second-order valence-corrected chi connectivity index (χ2v) is 6.30. The summed E-state index contributed by atoms with van der Waals surface area (Å²) in [6, 6.07) is 12.2. The van der Waals surface area contributed by atoms with Crippen LogP contribution in [-0.4, -0.2) is 5.11 Å². The lowest BCUT2D eigenvalue weighted by Gasteiger charge is -2.24. The fourth-order valence-corrected chi connectivity index (χ4v) is 3.56. The van der Waals surface area contributed by atoms with Crippen molar-refractivity contribution < 1.29 is 9.50 Å². The average Bonchev–Trinajstić information content (AvgIpc) is 2.61. The highest BCUT2D eigenvalue weighted by Gasteiger charge is 2.40. The van der Waals surface area contributed by atoms with Gasteiger partial charge in [-0.2, -0.15) is 0 Å². The maximum absolute atomic E-state index is 13.5. The summed E-state index contributed by atoms with van der Waals surface area (Å²) in [5, 5.41) is 10.9. The van der Waals surface area contributed by atoms with Crippen LogP contribution >= 0.6 is 15.9 Å². The monoisotopic (exact) mass is 335 g/mol. The zero-order valence-electron chi connectivity index (χ0n) is 10.8. The number of rotatable bonds is 2. The van der Waals surface area contributed by atoms with Crippen molar-refractivity contribution in [2.24, 2.45) is 5.73 Å². The normalized spacial score (nSPS) is 24.7. The summed E-state index contributed by atoms with van der Waals surface area (Å²) in [6.45, 7) is 0. The van der Waals surface area contributed by atoms with E-state index < -0.39 is 5.60 Å². The zero-order chi connectivity index (χ0) is 14.3. The van der Waals surface area contributed by atoms with Crippen LogP contribution in [0.5, 0.6) is 0 Å². The Morgan fingerprint density at radius 1 is 1.30 bits per heavy atom. The topological polar surface area (TPSA) is 46.2 Å². The van der Waals surface area contributed by atoms with Gasteiger partial charge in [0.2, 0.25) is 0 Å². The van der Waals surface area contributed by atoms with Crippen molar-refractivity contribution in [1.82, 2.24) is 0 Å². The van der Waals surface area contributed by atoms with Gasteiger partial charge in [-0.1, -0.05) is 40.2 Å². The highest BCUT2D eigenvalue weighted by atomic mass is 79.9. The molecule has 2 unspecified atom stereocenters. The molecule has 3 rings (SSSR count). The molecule has 0 bridgehead atoms. The zero-order valence-corrected chi connectivity index (χ0v) is 12.4. The summed E-state index contributed by atoms with van der Waals surface area (Å²) in [7, 11) is 0. The van der Waals surface area contributed by atoms with Crippen molar-refractivity contribution in [3.63, 3.8) is 0 Å². The van der Waals surface area contributed by atoms with Crippen molar-refractivity contribution in [3.05, 3.63) is 69.4 Å². The summed E-state index contributed by atoms with van der Waals surface area (Å²) in [6.07, 6.45) is 0.814. The first-order chi connectivity index (χ1) is 9.48. The predicted molar refractivity (Wildman–Crippen MR) is 79.7 cm³/mol. The number of fused-ring (bicyclic) bond motifs is 1. The van der Waals surface area contributed by atoms with E-state index in [1.807, 2.05) is 30.3 Å². The Hall–Kier alpha value is -1.23. The number of hydrogen-bond donors (Lipinski definition) is 2. The highest BCUT2D eigenvalue weighted by molar-refractivity contribution is 9.10. The van der Waals surface area contributed by atoms with Crippen LogP contribution in [0.4, 0.5) is 4.39 Å². The molecule has 20 heavy (non-hydrogen) atoms. The predicted octanol–water partition coefficient (Wildman–Crippen LogP) is 3.42. The molecule has 4 heteroatoms. The number of aliphatic hydroxyl groups is 1. The van der Waals surface area contributed by atoms with E-state index in [1.165, 1.54) is 12.1 Å². The average molecular weight is 336 g/mol. The lowest BCUT2D eigenvalue weighted by molar-refractivity contribution is 0.0341. The largest absolute Gasteiger partial charge is 0.385 e. The molecule has 1 aliphatic carbocycles. The smallest absolute Gasteiger partial charge is 0.124 e. The Kier molecular flexibility index (Phi) is 3.40. The minimum Gasteiger partial charge on any atom is -0.385 e. The molecule has 0 aromatic heterocycles. The molecule has 2 aromatic rings. The van der Waals surface area contributed by atoms with E-state index in [0.29, 0.717) is 17.3 Å². The molecular weight excluding hydrogens is 321 g/mol. The third-order valence-electron chi connectivity index (χ3n) is 3.84. The second kappa shape index (κ2) is 4.95. The number of halogens is 2. The van der Waals surface area contributed by atoms with Crippen LogP contribution in [0.15, 0.2) is 46.9 Å². The van der Waals surface area contributed by atoms with Crippen molar-refractivity contribution in [2.75, 3.05) is 0 Å². The molecule has 2 nitrogen and oxygen atoms in total. The fraction of sp³-hybridized carbons (Fsp3) is 0.250. The van der Waals surface area contributed by atoms with E-state index in [2.05, 4.69) is 15.9 Å². The van der Waals surface area contributed by atoms with Gasteiger partial charge in [0.15, 0.2) is 0 Å². The molecule has 0 fully saturated rings. The molecule has 0 radical (unpaired) electrons. The summed E-state index contributed by atoms with van der Waals surface area (Å²) in [4.78, 5) is 0. The quantitative estimate of drug-likeness (QED) is 0.883. The van der Waals surface area contributed by atoms with Crippen LogP contribution in [0.25, 0.3) is 0 Å². The van der Waals surface area contributed by atoms with Crippen molar-refractivity contribution >= 4 is 15.9 Å². The first kappa shape index (κ1) is 13.7. The second-order valence-electron chi connectivity index (χ2n) is 5.38. The third-order valence-corrected chi connectivity index (χ3v) is 4.30. The van der Waals surface area contributed by atoms with Crippen LogP contribution in [0.2, 0.25) is 0 Å². The standard InChI is InChI=1S/C16H15BrFNO/c17-11-5-10(6-12(18)7-11)8-16(20)9-15(19)13-3-1-2-4-14(13)16/h1-7,15,20H,8-9,19H2. The number of benzene rings is 2. The number of nitrogens with two attached hydrogens (primary N) is 1. The van der Waals surface area contributed by atoms with Crippen molar-refractivity contribution in [3.8, 4) is 0 Å². The molecule has 3 N–H and O–H groups in total. The summed E-state index contributed by atoms with van der Waals surface area (Å²) in [5.41, 5.74) is 7.65. The van der Waals surface area contributed by atoms with Gasteiger partial charge < -0.3 is 10.8 Å². The van der Waals surface area contributed by atoms with Gasteiger partial charge in [-0.05, 0) is 41.3 Å². The minimum atomic E-state index is -1.02. The molecule has 0 spiro atoms. The van der Waals surface area contributed by atoms with E-state index in [1.54, 1.807) is 0 Å². The Bertz CT molecular complexity index is 640. The molecule has 0 aliphatic heterocycles. The maximum Gasteiger partial charge on any atom is 0.124 e. The molecule has 0 heterocycles. The van der Waals surface area contributed by atoms with Crippen LogP contribution in [0.3, 0.4) is 0 Å². The van der Waals surface area contributed by atoms with Crippen LogP contribution in [-0.2, 0) is 12.0 Å². The summed E-state index contributed by atoms with van der Waals surface area (Å²) >= 11 is 3.28. The minimum absolute atomic E-state index is 0.173. The van der Waals surface area contributed by atoms with Crippen molar-refractivity contribution in [1.29, 1.82) is 0 Å². The van der Waals surface area contributed by atoms with Crippen LogP contribution in [0.1, 0.15) is 29.2 Å². The highest BCUT2D eigenvalue weighted by Crippen LogP contribution is 2.44. The van der Waals surface area contributed by atoms with Gasteiger partial charge in [0.1, 0.15) is 5.82 Å². The van der Waals surface area contributed by atoms with Gasteiger partial charge in [0, 0.05) is 16.9 Å². The lowest BCUT2D eigenvalue weighted by atomic mass is 9.88. The SMILES string of the molecule is NC1CC(O)(Cc2cc(F)cc(Br)c2)c2ccccc21. The Morgan fingerprint density at radius 3 is 2.80 bits per heavy atom. The third kappa shape index (κ3) is 2.39. The van der Waals surface area contributed by atoms with Gasteiger partial charge >= 0.3 is 0 Å². The first-order valence-corrected chi connectivity index (χ1v) is 7.29. The molecule has 0 amide bonds. The molecule has 1 aliphatic rings. The van der Waals surface area contributed by atoms with Gasteiger partial charge in [-0.25, -0.2) is 4.39 Å². The first-order valence-electron chi connectivity index (χ1n) is 6.50. The van der Waals surface area contributed by atoms with E-state index in [4.69, 9.17) is 5.73 Å².